The SMILES string of the molecule is Cc1ccccc1NC(=O)N/N=C/c1ccc2c(ccc3c2ncn3-c2ccc(OC(F)(F)F)cc2)c1. The number of amides is 2. The van der Waals surface area contributed by atoms with E-state index in [0.29, 0.717) is 11.4 Å². The third kappa shape index (κ3) is 5.37. The van der Waals surface area contributed by atoms with Crippen LogP contribution < -0.4 is 15.5 Å². The Labute approximate surface area is 209 Å². The van der Waals surface area contributed by atoms with Gasteiger partial charge in [0.15, 0.2) is 0 Å². The van der Waals surface area contributed by atoms with Gasteiger partial charge >= 0.3 is 12.4 Å². The van der Waals surface area contributed by atoms with Gasteiger partial charge in [-0.1, -0.05) is 36.4 Å². The molecule has 2 N–H and O–H groups in total. The van der Waals surface area contributed by atoms with Crippen LogP contribution in [0, 0.1) is 6.92 Å². The summed E-state index contributed by atoms with van der Waals surface area (Å²) >= 11 is 0. The zero-order valence-electron chi connectivity index (χ0n) is 19.5. The van der Waals surface area contributed by atoms with Gasteiger partial charge in [-0.05, 0) is 65.9 Å². The monoisotopic (exact) mass is 503 g/mol. The molecule has 1 aromatic heterocycles. The first-order chi connectivity index (χ1) is 17.8. The van der Waals surface area contributed by atoms with Gasteiger partial charge in [-0.15, -0.1) is 13.2 Å². The van der Waals surface area contributed by atoms with E-state index >= 15 is 0 Å². The molecule has 186 valence electrons. The second-order valence-electron chi connectivity index (χ2n) is 8.21. The number of fused-ring (bicyclic) bond motifs is 3. The number of halogens is 3. The van der Waals surface area contributed by atoms with Crippen LogP contribution in [0.1, 0.15) is 11.1 Å². The molecule has 1 heterocycles. The lowest BCUT2D eigenvalue weighted by Crippen LogP contribution is -2.24. The van der Waals surface area contributed by atoms with E-state index in [-0.39, 0.29) is 5.75 Å². The van der Waals surface area contributed by atoms with Crippen molar-refractivity contribution in [3.8, 4) is 11.4 Å². The van der Waals surface area contributed by atoms with E-state index in [0.717, 1.165) is 32.9 Å². The first-order valence-electron chi connectivity index (χ1n) is 11.2. The van der Waals surface area contributed by atoms with Gasteiger partial charge in [0.1, 0.15) is 12.1 Å². The van der Waals surface area contributed by atoms with Gasteiger partial charge in [-0.25, -0.2) is 15.2 Å². The second kappa shape index (κ2) is 9.65. The average molecular weight is 503 g/mol. The summed E-state index contributed by atoms with van der Waals surface area (Å²) in [5.74, 6) is -0.289. The number of imidazole rings is 1. The number of urea groups is 1. The van der Waals surface area contributed by atoms with Crippen molar-refractivity contribution >= 4 is 39.7 Å². The largest absolute Gasteiger partial charge is 0.573 e. The highest BCUT2D eigenvalue weighted by Crippen LogP contribution is 2.28. The van der Waals surface area contributed by atoms with Gasteiger partial charge < -0.3 is 10.1 Å². The molecule has 0 saturated heterocycles. The summed E-state index contributed by atoms with van der Waals surface area (Å²) in [5, 5.41) is 8.58. The zero-order valence-corrected chi connectivity index (χ0v) is 19.5. The van der Waals surface area contributed by atoms with Crippen LogP contribution in [0.3, 0.4) is 0 Å². The number of benzene rings is 4. The van der Waals surface area contributed by atoms with Crippen molar-refractivity contribution in [2.24, 2.45) is 5.10 Å². The van der Waals surface area contributed by atoms with Gasteiger partial charge in [0, 0.05) is 16.8 Å². The predicted molar refractivity (Wildman–Crippen MR) is 136 cm³/mol. The zero-order chi connectivity index (χ0) is 26.0. The number of rotatable bonds is 5. The van der Waals surface area contributed by atoms with Gasteiger partial charge in [-0.3, -0.25) is 4.57 Å². The van der Waals surface area contributed by atoms with Crippen molar-refractivity contribution in [1.29, 1.82) is 0 Å². The molecule has 0 spiro atoms. The Morgan fingerprint density at radius 3 is 2.57 bits per heavy atom. The van der Waals surface area contributed by atoms with Crippen molar-refractivity contribution in [3.63, 3.8) is 0 Å². The van der Waals surface area contributed by atoms with Crippen LogP contribution in [0.25, 0.3) is 27.5 Å². The smallest absolute Gasteiger partial charge is 0.406 e. The fraction of sp³-hybridized carbons (Fsp3) is 0.0741. The molecule has 2 amide bonds. The summed E-state index contributed by atoms with van der Waals surface area (Å²) in [5.41, 5.74) is 7.07. The van der Waals surface area contributed by atoms with Crippen molar-refractivity contribution < 1.29 is 22.7 Å². The van der Waals surface area contributed by atoms with Gasteiger partial charge in [0.2, 0.25) is 0 Å². The van der Waals surface area contributed by atoms with E-state index in [1.54, 1.807) is 23.2 Å². The Balaban J connectivity index is 1.32. The summed E-state index contributed by atoms with van der Waals surface area (Å²) < 4.78 is 43.0. The fourth-order valence-corrected chi connectivity index (χ4v) is 3.95. The number of hydrogen-bond acceptors (Lipinski definition) is 4. The first kappa shape index (κ1) is 23.9. The number of hydrazone groups is 1. The Bertz CT molecular complexity index is 1630. The molecule has 7 nitrogen and oxygen atoms in total. The van der Waals surface area contributed by atoms with Crippen LogP contribution >= 0.6 is 0 Å². The molecule has 0 aliphatic carbocycles. The fourth-order valence-electron chi connectivity index (χ4n) is 3.95. The maximum Gasteiger partial charge on any atom is 0.573 e. The number of nitrogens with one attached hydrogen (secondary N) is 2. The third-order valence-corrected chi connectivity index (χ3v) is 5.68. The summed E-state index contributed by atoms with van der Waals surface area (Å²) in [7, 11) is 0. The lowest BCUT2D eigenvalue weighted by atomic mass is 10.1. The molecule has 5 aromatic rings. The number of nitrogens with zero attached hydrogens (tertiary/aromatic N) is 3. The van der Waals surface area contributed by atoms with Crippen LogP contribution in [0.2, 0.25) is 0 Å². The van der Waals surface area contributed by atoms with E-state index in [4.69, 9.17) is 0 Å². The minimum Gasteiger partial charge on any atom is -0.406 e. The molecule has 5 rings (SSSR count). The number of para-hydroxylation sites is 1. The number of carbonyl (C=O) groups is 1. The van der Waals surface area contributed by atoms with E-state index in [1.807, 2.05) is 55.5 Å². The maximum atomic E-state index is 12.4. The first-order valence-corrected chi connectivity index (χ1v) is 11.2. The number of alkyl halides is 3. The summed E-state index contributed by atoms with van der Waals surface area (Å²) in [6.07, 6.45) is -1.57. The number of ether oxygens (including phenoxy) is 1. The normalized spacial score (nSPS) is 11.8. The third-order valence-electron chi connectivity index (χ3n) is 5.68. The molecule has 37 heavy (non-hydrogen) atoms. The minimum absolute atomic E-state index is 0.289. The van der Waals surface area contributed by atoms with Crippen molar-refractivity contribution in [3.05, 3.63) is 96.3 Å². The molecule has 10 heteroatoms. The number of anilines is 1. The summed E-state index contributed by atoms with van der Waals surface area (Å²) in [4.78, 5) is 16.6. The summed E-state index contributed by atoms with van der Waals surface area (Å²) in [6.45, 7) is 1.90. The molecule has 0 saturated carbocycles. The second-order valence-corrected chi connectivity index (χ2v) is 8.21. The topological polar surface area (TPSA) is 80.5 Å². The number of carbonyl (C=O) groups excluding carboxylic acids is 1. The number of hydrogen-bond donors (Lipinski definition) is 2. The minimum atomic E-state index is -4.74. The molecule has 0 fully saturated rings. The Hall–Kier alpha value is -4.86. The highest BCUT2D eigenvalue weighted by molar-refractivity contribution is 6.06. The Kier molecular flexibility index (Phi) is 6.22. The van der Waals surface area contributed by atoms with E-state index in [2.05, 4.69) is 25.6 Å². The molecule has 4 aromatic carbocycles. The molecule has 0 atom stereocenters. The molecule has 0 radical (unpaired) electrons. The Morgan fingerprint density at radius 2 is 1.81 bits per heavy atom. The number of aromatic nitrogens is 2. The number of aryl methyl sites for hydroxylation is 1. The van der Waals surface area contributed by atoms with E-state index < -0.39 is 12.4 Å². The summed E-state index contributed by atoms with van der Waals surface area (Å²) in [6, 6.07) is 22.1. The molecule has 0 aliphatic rings. The van der Waals surface area contributed by atoms with Crippen molar-refractivity contribution in [2.45, 2.75) is 13.3 Å². The standard InChI is InChI=1S/C27H20F3N5O2/c1-17-4-2-3-5-23(17)33-26(36)34-32-15-18-6-12-22-19(14-18)7-13-24-25(22)31-16-35(24)20-8-10-21(11-9-20)37-27(28,29)30/h2-16H,1H3,(H2,33,34,36)/b32-15+. The molecular weight excluding hydrogens is 483 g/mol. The molecule has 0 unspecified atom stereocenters. The lowest BCUT2D eigenvalue weighted by Gasteiger charge is -2.10. The van der Waals surface area contributed by atoms with Gasteiger partial charge in [-0.2, -0.15) is 5.10 Å². The molecule has 0 aliphatic heterocycles. The van der Waals surface area contributed by atoms with Crippen LogP contribution in [-0.2, 0) is 0 Å². The van der Waals surface area contributed by atoms with E-state index in [9.17, 15) is 18.0 Å². The van der Waals surface area contributed by atoms with Gasteiger partial charge in [0.05, 0.1) is 17.2 Å². The average Bonchev–Trinajstić information content (AvgIpc) is 3.29. The van der Waals surface area contributed by atoms with E-state index in [1.165, 1.54) is 24.3 Å². The lowest BCUT2D eigenvalue weighted by molar-refractivity contribution is -0.274. The van der Waals surface area contributed by atoms with Gasteiger partial charge in [0.25, 0.3) is 0 Å². The quantitative estimate of drug-likeness (QED) is 0.211. The Morgan fingerprint density at radius 1 is 1.03 bits per heavy atom. The maximum absolute atomic E-state index is 12.4. The van der Waals surface area contributed by atoms with Crippen LogP contribution in [0.5, 0.6) is 5.75 Å². The van der Waals surface area contributed by atoms with Crippen molar-refractivity contribution in [2.75, 3.05) is 5.32 Å². The highest BCUT2D eigenvalue weighted by Gasteiger charge is 2.31. The molecular formula is C27H20F3N5O2. The van der Waals surface area contributed by atoms with Crippen LogP contribution in [-0.4, -0.2) is 28.2 Å². The highest BCUT2D eigenvalue weighted by atomic mass is 19.4. The molecule has 0 bridgehead atoms. The van der Waals surface area contributed by atoms with Crippen LogP contribution in [0.15, 0.2) is 90.3 Å². The predicted octanol–water partition coefficient (Wildman–Crippen LogP) is 6.54. The van der Waals surface area contributed by atoms with Crippen LogP contribution in [0.4, 0.5) is 23.7 Å². The van der Waals surface area contributed by atoms with Crippen molar-refractivity contribution in [1.82, 2.24) is 15.0 Å².